The Kier molecular flexibility index (Phi) is 4.43. The van der Waals surface area contributed by atoms with Gasteiger partial charge in [0.25, 0.3) is 5.91 Å². The molecule has 6 nitrogen and oxygen atoms in total. The predicted molar refractivity (Wildman–Crippen MR) is 91.0 cm³/mol. The molecule has 1 amide bonds. The fourth-order valence-corrected chi connectivity index (χ4v) is 3.86. The standard InChI is InChI=1S/C17H19ClFN5O/c18-12-2-1-3-13(19)15(12)17(25)23-7-4-11(5-8-23)16-22-21-14-10-20-6-9-24(14)16/h1-3,11,20H,4-10H2. The van der Waals surface area contributed by atoms with Crippen molar-refractivity contribution in [2.45, 2.75) is 31.8 Å². The van der Waals surface area contributed by atoms with Crippen molar-refractivity contribution in [2.75, 3.05) is 19.6 Å². The van der Waals surface area contributed by atoms with E-state index in [1.807, 2.05) is 0 Å². The minimum atomic E-state index is -0.571. The van der Waals surface area contributed by atoms with Crippen molar-refractivity contribution in [1.82, 2.24) is 25.0 Å². The van der Waals surface area contributed by atoms with Crippen LogP contribution in [0.1, 0.15) is 40.8 Å². The molecule has 4 rings (SSSR count). The summed E-state index contributed by atoms with van der Waals surface area (Å²) in [5, 5.41) is 12.1. The number of amides is 1. The van der Waals surface area contributed by atoms with Crippen LogP contribution in [0.25, 0.3) is 0 Å². The molecule has 0 atom stereocenters. The van der Waals surface area contributed by atoms with E-state index in [1.165, 1.54) is 12.1 Å². The summed E-state index contributed by atoms with van der Waals surface area (Å²) in [4.78, 5) is 14.3. The van der Waals surface area contributed by atoms with Crippen molar-refractivity contribution >= 4 is 17.5 Å². The quantitative estimate of drug-likeness (QED) is 0.888. The topological polar surface area (TPSA) is 63.1 Å². The van der Waals surface area contributed by atoms with Gasteiger partial charge in [-0.25, -0.2) is 4.39 Å². The Balaban J connectivity index is 1.47. The van der Waals surface area contributed by atoms with Crippen molar-refractivity contribution in [2.24, 2.45) is 0 Å². The number of halogens is 2. The molecule has 0 spiro atoms. The number of benzene rings is 1. The molecule has 0 bridgehead atoms. The number of piperidine rings is 1. The second-order valence-electron chi connectivity index (χ2n) is 6.47. The predicted octanol–water partition coefficient (Wildman–Crippen LogP) is 2.19. The summed E-state index contributed by atoms with van der Waals surface area (Å²) in [6.45, 7) is 3.67. The van der Waals surface area contributed by atoms with Crippen molar-refractivity contribution < 1.29 is 9.18 Å². The number of fused-ring (bicyclic) bond motifs is 1. The number of hydrogen-bond acceptors (Lipinski definition) is 4. The number of likely N-dealkylation sites (tertiary alicyclic amines) is 1. The van der Waals surface area contributed by atoms with Gasteiger partial charge in [0.15, 0.2) is 0 Å². The number of carbonyl (C=O) groups excluding carboxylic acids is 1. The summed E-state index contributed by atoms with van der Waals surface area (Å²) in [5.41, 5.74) is -0.0338. The number of rotatable bonds is 2. The molecular formula is C17H19ClFN5O. The monoisotopic (exact) mass is 363 g/mol. The van der Waals surface area contributed by atoms with Crippen molar-refractivity contribution in [1.29, 1.82) is 0 Å². The van der Waals surface area contributed by atoms with Crippen LogP contribution in [-0.2, 0) is 13.1 Å². The number of hydrogen-bond donors (Lipinski definition) is 1. The average Bonchev–Trinajstić information content (AvgIpc) is 3.06. The van der Waals surface area contributed by atoms with E-state index in [2.05, 4.69) is 20.1 Å². The normalized spacial score (nSPS) is 18.2. The van der Waals surface area contributed by atoms with E-state index in [-0.39, 0.29) is 22.4 Å². The average molecular weight is 364 g/mol. The van der Waals surface area contributed by atoms with E-state index < -0.39 is 5.82 Å². The Morgan fingerprint density at radius 1 is 1.24 bits per heavy atom. The van der Waals surface area contributed by atoms with Crippen molar-refractivity contribution in [3.63, 3.8) is 0 Å². The van der Waals surface area contributed by atoms with Crippen LogP contribution in [0.2, 0.25) is 5.02 Å². The van der Waals surface area contributed by atoms with Crippen LogP contribution in [0.4, 0.5) is 4.39 Å². The largest absolute Gasteiger partial charge is 0.338 e. The second-order valence-corrected chi connectivity index (χ2v) is 6.87. The highest BCUT2D eigenvalue weighted by Crippen LogP contribution is 2.30. The van der Waals surface area contributed by atoms with E-state index in [0.717, 1.165) is 44.1 Å². The lowest BCUT2D eigenvalue weighted by atomic mass is 9.95. The Bertz CT molecular complexity index is 780. The minimum Gasteiger partial charge on any atom is -0.338 e. The molecule has 132 valence electrons. The summed E-state index contributed by atoms with van der Waals surface area (Å²) in [6.07, 6.45) is 1.59. The van der Waals surface area contributed by atoms with Gasteiger partial charge in [0.1, 0.15) is 17.5 Å². The highest BCUT2D eigenvalue weighted by atomic mass is 35.5. The smallest absolute Gasteiger partial charge is 0.258 e. The zero-order valence-electron chi connectivity index (χ0n) is 13.7. The zero-order valence-corrected chi connectivity index (χ0v) is 14.5. The fraction of sp³-hybridized carbons (Fsp3) is 0.471. The molecule has 2 aliphatic heterocycles. The number of aromatic nitrogens is 3. The van der Waals surface area contributed by atoms with Crippen LogP contribution >= 0.6 is 11.6 Å². The van der Waals surface area contributed by atoms with Gasteiger partial charge in [0, 0.05) is 32.1 Å². The molecular weight excluding hydrogens is 345 g/mol. The van der Waals surface area contributed by atoms with Crippen LogP contribution < -0.4 is 5.32 Å². The first-order valence-electron chi connectivity index (χ1n) is 8.51. The molecule has 0 saturated carbocycles. The van der Waals surface area contributed by atoms with Crippen LogP contribution in [0.15, 0.2) is 18.2 Å². The van der Waals surface area contributed by atoms with Gasteiger partial charge in [-0.05, 0) is 25.0 Å². The molecule has 2 aliphatic rings. The van der Waals surface area contributed by atoms with Crippen LogP contribution in [0.5, 0.6) is 0 Å². The molecule has 0 unspecified atom stereocenters. The summed E-state index contributed by atoms with van der Waals surface area (Å²) in [6, 6.07) is 4.31. The van der Waals surface area contributed by atoms with E-state index >= 15 is 0 Å². The first kappa shape index (κ1) is 16.5. The maximum absolute atomic E-state index is 14.0. The third kappa shape index (κ3) is 3.02. The molecule has 1 aromatic carbocycles. The van der Waals surface area contributed by atoms with E-state index in [4.69, 9.17) is 11.6 Å². The second kappa shape index (κ2) is 6.72. The lowest BCUT2D eigenvalue weighted by Gasteiger charge is -2.32. The summed E-state index contributed by atoms with van der Waals surface area (Å²) in [7, 11) is 0. The maximum Gasteiger partial charge on any atom is 0.258 e. The first-order valence-corrected chi connectivity index (χ1v) is 8.89. The molecule has 1 aromatic heterocycles. The Morgan fingerprint density at radius 3 is 2.80 bits per heavy atom. The molecule has 1 saturated heterocycles. The highest BCUT2D eigenvalue weighted by molar-refractivity contribution is 6.33. The number of nitrogens with zero attached hydrogens (tertiary/aromatic N) is 4. The third-order valence-electron chi connectivity index (χ3n) is 4.98. The van der Waals surface area contributed by atoms with Gasteiger partial charge in [-0.1, -0.05) is 17.7 Å². The van der Waals surface area contributed by atoms with Gasteiger partial charge in [-0.3, -0.25) is 4.79 Å². The lowest BCUT2D eigenvalue weighted by Crippen LogP contribution is -2.39. The molecule has 1 N–H and O–H groups in total. The van der Waals surface area contributed by atoms with Gasteiger partial charge in [0.05, 0.1) is 17.1 Å². The molecule has 25 heavy (non-hydrogen) atoms. The Morgan fingerprint density at radius 2 is 2.04 bits per heavy atom. The Labute approximate surface area is 150 Å². The van der Waals surface area contributed by atoms with Crippen LogP contribution in [0, 0.1) is 5.82 Å². The molecule has 0 radical (unpaired) electrons. The summed E-state index contributed by atoms with van der Waals surface area (Å²) < 4.78 is 16.2. The van der Waals surface area contributed by atoms with E-state index in [1.54, 1.807) is 11.0 Å². The number of nitrogens with one attached hydrogen (secondary N) is 1. The molecule has 3 heterocycles. The third-order valence-corrected chi connectivity index (χ3v) is 5.29. The first-order chi connectivity index (χ1) is 12.1. The SMILES string of the molecule is O=C(c1c(F)cccc1Cl)N1CCC(c2nnc3n2CCNC3)CC1. The van der Waals surface area contributed by atoms with Crippen LogP contribution in [-0.4, -0.2) is 45.2 Å². The van der Waals surface area contributed by atoms with Gasteiger partial charge in [-0.15, -0.1) is 10.2 Å². The van der Waals surface area contributed by atoms with Crippen molar-refractivity contribution in [3.05, 3.63) is 46.3 Å². The molecule has 8 heteroatoms. The fourth-order valence-electron chi connectivity index (χ4n) is 3.62. The maximum atomic E-state index is 14.0. The van der Waals surface area contributed by atoms with Gasteiger partial charge >= 0.3 is 0 Å². The van der Waals surface area contributed by atoms with E-state index in [9.17, 15) is 9.18 Å². The minimum absolute atomic E-state index is 0.0338. The number of carbonyl (C=O) groups is 1. The summed E-state index contributed by atoms with van der Waals surface area (Å²) in [5.74, 6) is 1.34. The lowest BCUT2D eigenvalue weighted by molar-refractivity contribution is 0.0705. The molecule has 0 aliphatic carbocycles. The Hall–Kier alpha value is -1.99. The van der Waals surface area contributed by atoms with Crippen LogP contribution in [0.3, 0.4) is 0 Å². The van der Waals surface area contributed by atoms with Gasteiger partial charge in [-0.2, -0.15) is 0 Å². The van der Waals surface area contributed by atoms with E-state index in [0.29, 0.717) is 13.1 Å². The molecule has 2 aromatic rings. The van der Waals surface area contributed by atoms with Gasteiger partial charge < -0.3 is 14.8 Å². The highest BCUT2D eigenvalue weighted by Gasteiger charge is 2.30. The van der Waals surface area contributed by atoms with Gasteiger partial charge in [0.2, 0.25) is 0 Å². The molecule has 1 fully saturated rings. The summed E-state index contributed by atoms with van der Waals surface area (Å²) >= 11 is 6.02. The van der Waals surface area contributed by atoms with Crippen molar-refractivity contribution in [3.8, 4) is 0 Å². The zero-order chi connectivity index (χ0) is 17.4.